The van der Waals surface area contributed by atoms with E-state index >= 15 is 0 Å². The van der Waals surface area contributed by atoms with Gasteiger partial charge in [0, 0.05) is 18.0 Å². The first-order chi connectivity index (χ1) is 9.15. The molecule has 2 aliphatic rings. The van der Waals surface area contributed by atoms with Gasteiger partial charge in [-0.2, -0.15) is 0 Å². The van der Waals surface area contributed by atoms with Gasteiger partial charge < -0.3 is 14.4 Å². The predicted molar refractivity (Wildman–Crippen MR) is 72.1 cm³/mol. The Bertz CT molecular complexity index is 510. The summed E-state index contributed by atoms with van der Waals surface area (Å²) >= 11 is 0. The van der Waals surface area contributed by atoms with Crippen molar-refractivity contribution < 1.29 is 14.3 Å². The summed E-state index contributed by atoms with van der Waals surface area (Å²) in [7, 11) is 4.01. The lowest BCUT2D eigenvalue weighted by Gasteiger charge is -2.28. The zero-order chi connectivity index (χ0) is 13.4. The van der Waals surface area contributed by atoms with Gasteiger partial charge in [-0.25, -0.2) is 0 Å². The summed E-state index contributed by atoms with van der Waals surface area (Å²) in [6.45, 7) is 1.96. The van der Waals surface area contributed by atoms with Crippen molar-refractivity contribution in [1.82, 2.24) is 4.90 Å². The molecule has 1 atom stereocenters. The Balaban J connectivity index is 1.92. The van der Waals surface area contributed by atoms with Gasteiger partial charge in [0.05, 0.1) is 0 Å². The zero-order valence-corrected chi connectivity index (χ0v) is 11.4. The van der Waals surface area contributed by atoms with Crippen molar-refractivity contribution in [2.75, 3.05) is 33.9 Å². The lowest BCUT2D eigenvalue weighted by atomic mass is 9.82. The highest BCUT2D eigenvalue weighted by Crippen LogP contribution is 2.37. The lowest BCUT2D eigenvalue weighted by molar-refractivity contribution is 0.0875. The van der Waals surface area contributed by atoms with Crippen LogP contribution in [0.25, 0.3) is 0 Å². The molecule has 1 aromatic carbocycles. The number of carbonyl (C=O) groups is 1. The molecule has 102 valence electrons. The molecular formula is C15H19NO3. The van der Waals surface area contributed by atoms with Gasteiger partial charge in [-0.15, -0.1) is 0 Å². The molecular weight excluding hydrogens is 242 g/mol. The van der Waals surface area contributed by atoms with Gasteiger partial charge in [-0.3, -0.25) is 4.79 Å². The number of fused-ring (bicyclic) bond motifs is 2. The third kappa shape index (κ3) is 2.32. The summed E-state index contributed by atoms with van der Waals surface area (Å²) in [4.78, 5) is 14.6. The van der Waals surface area contributed by atoms with Crippen LogP contribution in [0.5, 0.6) is 11.5 Å². The number of rotatable bonds is 2. The molecule has 0 N–H and O–H groups in total. The average Bonchev–Trinajstić information content (AvgIpc) is 2.40. The van der Waals surface area contributed by atoms with E-state index in [0.29, 0.717) is 19.0 Å². The van der Waals surface area contributed by atoms with E-state index in [1.165, 1.54) is 0 Å². The fourth-order valence-electron chi connectivity index (χ4n) is 2.86. The van der Waals surface area contributed by atoms with Gasteiger partial charge in [0.15, 0.2) is 17.3 Å². The van der Waals surface area contributed by atoms with Crippen LogP contribution in [0, 0.1) is 5.92 Å². The largest absolute Gasteiger partial charge is 0.486 e. The lowest BCUT2D eigenvalue weighted by Crippen LogP contribution is -2.32. The maximum atomic E-state index is 12.5. The molecule has 1 aliphatic heterocycles. The third-order valence-corrected chi connectivity index (χ3v) is 3.75. The summed E-state index contributed by atoms with van der Waals surface area (Å²) in [5.41, 5.74) is 1.92. The highest BCUT2D eigenvalue weighted by molar-refractivity contribution is 6.01. The third-order valence-electron chi connectivity index (χ3n) is 3.75. The van der Waals surface area contributed by atoms with Crippen molar-refractivity contribution in [2.45, 2.75) is 12.8 Å². The first kappa shape index (κ1) is 12.5. The normalized spacial score (nSPS) is 21.4. The smallest absolute Gasteiger partial charge is 0.167 e. The topological polar surface area (TPSA) is 38.8 Å². The summed E-state index contributed by atoms with van der Waals surface area (Å²) in [6.07, 6.45) is 1.86. The summed E-state index contributed by atoms with van der Waals surface area (Å²) < 4.78 is 11.1. The van der Waals surface area contributed by atoms with Crippen LogP contribution in [0.2, 0.25) is 0 Å². The number of nitrogens with zero attached hydrogens (tertiary/aromatic N) is 1. The van der Waals surface area contributed by atoms with E-state index in [-0.39, 0.29) is 11.7 Å². The molecule has 0 saturated heterocycles. The number of benzene rings is 1. The van der Waals surface area contributed by atoms with Gasteiger partial charge in [-0.05, 0) is 44.6 Å². The highest BCUT2D eigenvalue weighted by Gasteiger charge is 2.29. The average molecular weight is 261 g/mol. The first-order valence-electron chi connectivity index (χ1n) is 6.76. The number of ether oxygens (including phenoxy) is 2. The molecule has 0 radical (unpaired) electrons. The van der Waals surface area contributed by atoms with Crippen molar-refractivity contribution in [3.8, 4) is 11.5 Å². The minimum absolute atomic E-state index is 0.102. The fraction of sp³-hybridized carbons (Fsp3) is 0.533. The molecule has 19 heavy (non-hydrogen) atoms. The van der Waals surface area contributed by atoms with Crippen LogP contribution in [-0.2, 0) is 6.42 Å². The molecule has 4 nitrogen and oxygen atoms in total. The summed E-state index contributed by atoms with van der Waals surface area (Å²) in [5.74, 6) is 1.84. The molecule has 4 heteroatoms. The predicted octanol–water partition coefficient (Wildman–Crippen LogP) is 1.76. The molecule has 0 spiro atoms. The van der Waals surface area contributed by atoms with E-state index in [2.05, 4.69) is 4.90 Å². The maximum Gasteiger partial charge on any atom is 0.167 e. The molecule has 0 saturated carbocycles. The number of hydrogen-bond acceptors (Lipinski definition) is 4. The van der Waals surface area contributed by atoms with Gasteiger partial charge in [0.2, 0.25) is 0 Å². The molecule has 0 aromatic heterocycles. The number of carbonyl (C=O) groups excluding carboxylic acids is 1. The number of ketones is 1. The fourth-order valence-corrected chi connectivity index (χ4v) is 2.86. The zero-order valence-electron chi connectivity index (χ0n) is 11.4. The Kier molecular flexibility index (Phi) is 3.19. The monoisotopic (exact) mass is 261 g/mol. The summed E-state index contributed by atoms with van der Waals surface area (Å²) in [6, 6.07) is 3.85. The molecule has 1 aliphatic carbocycles. The minimum atomic E-state index is 0.102. The van der Waals surface area contributed by atoms with Crippen LogP contribution >= 0.6 is 0 Å². The second-order valence-corrected chi connectivity index (χ2v) is 5.52. The molecule has 1 heterocycles. The molecule has 0 bridgehead atoms. The maximum absolute atomic E-state index is 12.5. The van der Waals surface area contributed by atoms with Crippen molar-refractivity contribution in [1.29, 1.82) is 0 Å². The highest BCUT2D eigenvalue weighted by atomic mass is 16.6. The Morgan fingerprint density at radius 2 is 1.89 bits per heavy atom. The Morgan fingerprint density at radius 3 is 2.58 bits per heavy atom. The van der Waals surface area contributed by atoms with E-state index in [0.717, 1.165) is 36.3 Å². The molecule has 1 aromatic rings. The van der Waals surface area contributed by atoms with Gasteiger partial charge >= 0.3 is 0 Å². The van der Waals surface area contributed by atoms with Crippen LogP contribution in [0.1, 0.15) is 22.3 Å². The molecule has 3 rings (SSSR count). The number of hydrogen-bond donors (Lipinski definition) is 0. The van der Waals surface area contributed by atoms with Crippen LogP contribution in [-0.4, -0.2) is 44.5 Å². The molecule has 0 amide bonds. The Morgan fingerprint density at radius 1 is 1.21 bits per heavy atom. The Hall–Kier alpha value is -1.55. The quantitative estimate of drug-likeness (QED) is 0.813. The van der Waals surface area contributed by atoms with Crippen molar-refractivity contribution in [3.63, 3.8) is 0 Å². The van der Waals surface area contributed by atoms with Crippen LogP contribution in [0.4, 0.5) is 0 Å². The molecule has 0 fully saturated rings. The second kappa shape index (κ2) is 4.85. The minimum Gasteiger partial charge on any atom is -0.486 e. The SMILES string of the molecule is CN(C)C[C@@H]1CCc2cc3c(cc2C1=O)OCCO3. The van der Waals surface area contributed by atoms with Gasteiger partial charge in [-0.1, -0.05) is 0 Å². The number of aryl methyl sites for hydroxylation is 1. The van der Waals surface area contributed by atoms with Crippen molar-refractivity contribution in [3.05, 3.63) is 23.3 Å². The van der Waals surface area contributed by atoms with E-state index in [9.17, 15) is 4.79 Å². The summed E-state index contributed by atoms with van der Waals surface area (Å²) in [5, 5.41) is 0. The van der Waals surface area contributed by atoms with E-state index in [1.54, 1.807) is 0 Å². The van der Waals surface area contributed by atoms with Gasteiger partial charge in [0.25, 0.3) is 0 Å². The van der Waals surface area contributed by atoms with Crippen LogP contribution < -0.4 is 9.47 Å². The van der Waals surface area contributed by atoms with Crippen molar-refractivity contribution in [2.24, 2.45) is 5.92 Å². The first-order valence-corrected chi connectivity index (χ1v) is 6.76. The standard InChI is InChI=1S/C15H19NO3/c1-16(2)9-11-4-3-10-7-13-14(19-6-5-18-13)8-12(10)15(11)17/h7-8,11H,3-6,9H2,1-2H3/t11-/m0/s1. The Labute approximate surface area is 113 Å². The van der Waals surface area contributed by atoms with E-state index < -0.39 is 0 Å². The van der Waals surface area contributed by atoms with E-state index in [1.807, 2.05) is 26.2 Å². The molecule has 0 unspecified atom stereocenters. The van der Waals surface area contributed by atoms with E-state index in [4.69, 9.17) is 9.47 Å². The number of Topliss-reactive ketones (excluding diaryl/α,β-unsaturated/α-hetero) is 1. The van der Waals surface area contributed by atoms with Crippen molar-refractivity contribution >= 4 is 5.78 Å². The van der Waals surface area contributed by atoms with Crippen LogP contribution in [0.15, 0.2) is 12.1 Å². The second-order valence-electron chi connectivity index (χ2n) is 5.52. The van der Waals surface area contributed by atoms with Gasteiger partial charge in [0.1, 0.15) is 13.2 Å². The van der Waals surface area contributed by atoms with Crippen LogP contribution in [0.3, 0.4) is 0 Å².